The third-order valence-electron chi connectivity index (χ3n) is 4.43. The van der Waals surface area contributed by atoms with E-state index in [-0.39, 0.29) is 11.6 Å². The van der Waals surface area contributed by atoms with E-state index in [0.29, 0.717) is 35.6 Å². The maximum Gasteiger partial charge on any atom is 0.291 e. The molecule has 1 aromatic heterocycles. The molecule has 2 saturated carbocycles. The average Bonchev–Trinajstić information content (AvgIpc) is 3.20. The monoisotopic (exact) mass is 296 g/mol. The van der Waals surface area contributed by atoms with Gasteiger partial charge in [-0.05, 0) is 37.5 Å². The molecular weight excluding hydrogens is 276 g/mol. The van der Waals surface area contributed by atoms with E-state index < -0.39 is 0 Å². The molecule has 6 heteroatoms. The van der Waals surface area contributed by atoms with E-state index in [9.17, 15) is 4.79 Å². The highest BCUT2D eigenvalue weighted by molar-refractivity contribution is 6.33. The van der Waals surface area contributed by atoms with Crippen molar-refractivity contribution < 1.29 is 0 Å². The van der Waals surface area contributed by atoms with Crippen LogP contribution < -0.4 is 16.6 Å². The van der Waals surface area contributed by atoms with Gasteiger partial charge in [0.05, 0.1) is 11.2 Å². The van der Waals surface area contributed by atoms with Crippen LogP contribution in [0.5, 0.6) is 0 Å². The molecule has 20 heavy (non-hydrogen) atoms. The van der Waals surface area contributed by atoms with E-state index in [4.69, 9.17) is 17.3 Å². The summed E-state index contributed by atoms with van der Waals surface area (Å²) in [6, 6.07) is 0.139. The highest BCUT2D eigenvalue weighted by atomic mass is 35.5. The van der Waals surface area contributed by atoms with Gasteiger partial charge >= 0.3 is 0 Å². The first-order chi connectivity index (χ1) is 9.69. The van der Waals surface area contributed by atoms with Gasteiger partial charge in [-0.25, -0.2) is 4.68 Å². The molecule has 0 aromatic carbocycles. The van der Waals surface area contributed by atoms with E-state index in [2.05, 4.69) is 10.4 Å². The number of nitrogens with zero attached hydrogens (tertiary/aromatic N) is 2. The van der Waals surface area contributed by atoms with Crippen LogP contribution in [-0.2, 0) is 6.54 Å². The third-order valence-corrected chi connectivity index (χ3v) is 4.71. The molecule has 110 valence electrons. The summed E-state index contributed by atoms with van der Waals surface area (Å²) in [6.07, 6.45) is 7.54. The smallest absolute Gasteiger partial charge is 0.291 e. The second-order valence-electron chi connectivity index (χ2n) is 5.98. The molecule has 3 rings (SSSR count). The third kappa shape index (κ3) is 2.83. The average molecular weight is 297 g/mol. The lowest BCUT2D eigenvalue weighted by Gasteiger charge is -2.25. The zero-order chi connectivity index (χ0) is 14.1. The van der Waals surface area contributed by atoms with Crippen molar-refractivity contribution in [2.45, 2.75) is 44.7 Å². The molecule has 1 aromatic rings. The number of hydrogen-bond acceptors (Lipinski definition) is 4. The van der Waals surface area contributed by atoms with Gasteiger partial charge in [0.1, 0.15) is 5.69 Å². The summed E-state index contributed by atoms with van der Waals surface area (Å²) in [7, 11) is 0. The minimum atomic E-state index is -0.122. The van der Waals surface area contributed by atoms with Gasteiger partial charge < -0.3 is 11.1 Å². The molecular formula is C14H21ClN4O. The largest absolute Gasteiger partial charge is 0.375 e. The number of rotatable bonds is 6. The Morgan fingerprint density at radius 3 is 2.75 bits per heavy atom. The fourth-order valence-corrected chi connectivity index (χ4v) is 2.88. The first kappa shape index (κ1) is 13.9. The molecule has 2 aliphatic carbocycles. The Labute approximate surface area is 123 Å². The Balaban J connectivity index is 1.80. The number of nitrogens with one attached hydrogen (secondary N) is 1. The van der Waals surface area contributed by atoms with Crippen molar-refractivity contribution in [3.8, 4) is 0 Å². The summed E-state index contributed by atoms with van der Waals surface area (Å²) in [5.74, 6) is 1.16. The highest BCUT2D eigenvalue weighted by Gasteiger charge is 2.31. The summed E-state index contributed by atoms with van der Waals surface area (Å²) < 4.78 is 1.54. The quantitative estimate of drug-likeness (QED) is 0.840. The van der Waals surface area contributed by atoms with Gasteiger partial charge in [0.25, 0.3) is 5.56 Å². The summed E-state index contributed by atoms with van der Waals surface area (Å²) in [5, 5.41) is 7.79. The Kier molecular flexibility index (Phi) is 3.98. The van der Waals surface area contributed by atoms with Crippen LogP contribution in [0.4, 0.5) is 5.69 Å². The molecule has 0 radical (unpaired) electrons. The molecule has 3 N–H and O–H groups in total. The van der Waals surface area contributed by atoms with Gasteiger partial charge in [0.15, 0.2) is 0 Å². The van der Waals surface area contributed by atoms with Crippen LogP contribution in [0.15, 0.2) is 11.0 Å². The van der Waals surface area contributed by atoms with Gasteiger partial charge in [-0.1, -0.05) is 18.0 Å². The lowest BCUT2D eigenvalue weighted by molar-refractivity contribution is 0.262. The number of halogens is 1. The minimum absolute atomic E-state index is 0.122. The maximum atomic E-state index is 12.5. The molecule has 2 fully saturated rings. The second-order valence-corrected chi connectivity index (χ2v) is 6.38. The molecule has 1 atom stereocenters. The second kappa shape index (κ2) is 5.74. The molecule has 0 amide bonds. The molecule has 1 unspecified atom stereocenters. The normalized spacial score (nSPS) is 20.5. The van der Waals surface area contributed by atoms with Crippen molar-refractivity contribution in [2.24, 2.45) is 17.6 Å². The molecule has 0 bridgehead atoms. The van der Waals surface area contributed by atoms with Crippen LogP contribution in [0.3, 0.4) is 0 Å². The number of nitrogens with two attached hydrogens (primary N) is 1. The zero-order valence-electron chi connectivity index (χ0n) is 11.5. The first-order valence-corrected chi connectivity index (χ1v) is 7.79. The van der Waals surface area contributed by atoms with Crippen LogP contribution in [-0.4, -0.2) is 22.4 Å². The van der Waals surface area contributed by atoms with E-state index in [1.807, 2.05) is 0 Å². The van der Waals surface area contributed by atoms with Crippen LogP contribution in [0.1, 0.15) is 32.1 Å². The molecule has 1 heterocycles. The fraction of sp³-hybridized carbons (Fsp3) is 0.714. The number of aromatic nitrogens is 2. The minimum Gasteiger partial charge on any atom is -0.375 e. The topological polar surface area (TPSA) is 72.9 Å². The van der Waals surface area contributed by atoms with Crippen LogP contribution in [0.25, 0.3) is 0 Å². The Morgan fingerprint density at radius 2 is 2.20 bits per heavy atom. The van der Waals surface area contributed by atoms with Gasteiger partial charge in [0, 0.05) is 19.1 Å². The van der Waals surface area contributed by atoms with Crippen molar-refractivity contribution in [2.75, 3.05) is 11.9 Å². The van der Waals surface area contributed by atoms with Crippen LogP contribution in [0, 0.1) is 11.8 Å². The summed E-state index contributed by atoms with van der Waals surface area (Å²) in [6.45, 7) is 1.22. The van der Waals surface area contributed by atoms with E-state index in [1.165, 1.54) is 32.1 Å². The maximum absolute atomic E-state index is 12.5. The Bertz CT molecular complexity index is 536. The van der Waals surface area contributed by atoms with E-state index in [0.717, 1.165) is 0 Å². The predicted molar refractivity (Wildman–Crippen MR) is 80.0 cm³/mol. The summed E-state index contributed by atoms with van der Waals surface area (Å²) >= 11 is 6.13. The zero-order valence-corrected chi connectivity index (χ0v) is 12.3. The van der Waals surface area contributed by atoms with Crippen LogP contribution >= 0.6 is 11.6 Å². The Morgan fingerprint density at radius 1 is 1.45 bits per heavy atom. The Hall–Kier alpha value is -1.07. The lowest BCUT2D eigenvalue weighted by atomic mass is 9.85. The van der Waals surface area contributed by atoms with E-state index >= 15 is 0 Å². The molecule has 2 aliphatic rings. The van der Waals surface area contributed by atoms with Crippen molar-refractivity contribution in [1.29, 1.82) is 0 Å². The molecule has 0 aliphatic heterocycles. The van der Waals surface area contributed by atoms with Gasteiger partial charge in [-0.15, -0.1) is 0 Å². The van der Waals surface area contributed by atoms with Crippen molar-refractivity contribution >= 4 is 17.3 Å². The number of hydrogen-bond donors (Lipinski definition) is 2. The standard InChI is InChI=1S/C14H21ClN4O/c15-11-7-17-19(8-9-2-1-3-9)14(20)13(11)18-12(6-16)10-4-5-10/h7,9-10,12,18H,1-6,8,16H2. The predicted octanol–water partition coefficient (Wildman–Crippen LogP) is 1.85. The molecule has 5 nitrogen and oxygen atoms in total. The highest BCUT2D eigenvalue weighted by Crippen LogP contribution is 2.34. The summed E-state index contributed by atoms with van der Waals surface area (Å²) in [4.78, 5) is 12.5. The van der Waals surface area contributed by atoms with Gasteiger partial charge in [-0.2, -0.15) is 5.10 Å². The van der Waals surface area contributed by atoms with Gasteiger partial charge in [-0.3, -0.25) is 4.79 Å². The van der Waals surface area contributed by atoms with Crippen molar-refractivity contribution in [3.05, 3.63) is 21.6 Å². The lowest BCUT2D eigenvalue weighted by Crippen LogP contribution is -2.36. The first-order valence-electron chi connectivity index (χ1n) is 7.41. The van der Waals surface area contributed by atoms with Gasteiger partial charge in [0.2, 0.25) is 0 Å². The van der Waals surface area contributed by atoms with Crippen LogP contribution in [0.2, 0.25) is 5.02 Å². The van der Waals surface area contributed by atoms with Crippen molar-refractivity contribution in [1.82, 2.24) is 9.78 Å². The van der Waals surface area contributed by atoms with E-state index in [1.54, 1.807) is 10.9 Å². The SMILES string of the molecule is NCC(Nc1c(Cl)cnn(CC2CCC2)c1=O)C1CC1. The fourth-order valence-electron chi connectivity index (χ4n) is 2.70. The molecule has 0 spiro atoms. The molecule has 0 saturated heterocycles. The van der Waals surface area contributed by atoms with Crippen molar-refractivity contribution in [3.63, 3.8) is 0 Å². The summed E-state index contributed by atoms with van der Waals surface area (Å²) in [5.41, 5.74) is 6.12. The number of anilines is 1.